The largest absolute Gasteiger partial charge is 0.497 e. The maximum Gasteiger partial charge on any atom is 0.268 e. The molecule has 1 aromatic heterocycles. The maximum absolute atomic E-state index is 12.9. The quantitative estimate of drug-likeness (QED) is 0.534. The molecule has 2 aromatic carbocycles. The first-order valence-corrected chi connectivity index (χ1v) is 9.10. The lowest BCUT2D eigenvalue weighted by atomic mass is 10.1. The van der Waals surface area contributed by atoms with Crippen molar-refractivity contribution >= 4 is 17.5 Å². The molecule has 0 saturated heterocycles. The van der Waals surface area contributed by atoms with Gasteiger partial charge in [0.2, 0.25) is 5.91 Å². The Bertz CT molecular complexity index is 981. The summed E-state index contributed by atoms with van der Waals surface area (Å²) >= 11 is 0. The molecule has 29 heavy (non-hydrogen) atoms. The van der Waals surface area contributed by atoms with E-state index in [0.717, 1.165) is 0 Å². The van der Waals surface area contributed by atoms with Gasteiger partial charge in [-0.05, 0) is 49.7 Å². The van der Waals surface area contributed by atoms with Crippen LogP contribution in [0.15, 0.2) is 65.1 Å². The van der Waals surface area contributed by atoms with Gasteiger partial charge in [0.1, 0.15) is 23.3 Å². The number of hydrazine groups is 1. The molecule has 0 radical (unpaired) electrons. The molecule has 0 spiro atoms. The fourth-order valence-electron chi connectivity index (χ4n) is 2.90. The SMILES string of the molecule is COc1ccc(NC(=O)C(NNC(=O)c2cc(C)oc2C)c2ccccc2)cc1. The maximum atomic E-state index is 12.9. The van der Waals surface area contributed by atoms with E-state index in [2.05, 4.69) is 16.2 Å². The number of nitrogens with one attached hydrogen (secondary N) is 3. The predicted octanol–water partition coefficient (Wildman–Crippen LogP) is 3.52. The zero-order valence-corrected chi connectivity index (χ0v) is 16.5. The van der Waals surface area contributed by atoms with E-state index in [4.69, 9.17) is 9.15 Å². The number of anilines is 1. The molecule has 7 nitrogen and oxygen atoms in total. The third-order valence-electron chi connectivity index (χ3n) is 4.37. The number of furan rings is 1. The zero-order valence-electron chi connectivity index (χ0n) is 16.5. The van der Waals surface area contributed by atoms with Gasteiger partial charge in [-0.15, -0.1) is 0 Å². The van der Waals surface area contributed by atoms with Gasteiger partial charge in [-0.25, -0.2) is 5.43 Å². The van der Waals surface area contributed by atoms with Crippen LogP contribution in [-0.4, -0.2) is 18.9 Å². The predicted molar refractivity (Wildman–Crippen MR) is 110 cm³/mol. The minimum atomic E-state index is -0.796. The van der Waals surface area contributed by atoms with Crippen LogP contribution in [0.5, 0.6) is 5.75 Å². The van der Waals surface area contributed by atoms with Crippen LogP contribution in [0.25, 0.3) is 0 Å². The molecule has 0 aliphatic heterocycles. The Morgan fingerprint density at radius 3 is 2.28 bits per heavy atom. The van der Waals surface area contributed by atoms with Crippen molar-refractivity contribution < 1.29 is 18.7 Å². The van der Waals surface area contributed by atoms with Crippen LogP contribution >= 0.6 is 0 Å². The van der Waals surface area contributed by atoms with Crippen LogP contribution < -0.4 is 20.9 Å². The average molecular weight is 393 g/mol. The third-order valence-corrected chi connectivity index (χ3v) is 4.37. The normalized spacial score (nSPS) is 11.6. The van der Waals surface area contributed by atoms with Crippen molar-refractivity contribution in [1.82, 2.24) is 10.9 Å². The van der Waals surface area contributed by atoms with Gasteiger partial charge in [-0.1, -0.05) is 30.3 Å². The number of methoxy groups -OCH3 is 1. The number of carbonyl (C=O) groups is 2. The topological polar surface area (TPSA) is 92.6 Å². The molecular formula is C22H23N3O4. The first kappa shape index (κ1) is 20.2. The number of hydrogen-bond donors (Lipinski definition) is 3. The molecule has 3 N–H and O–H groups in total. The van der Waals surface area contributed by atoms with Crippen LogP contribution in [0.1, 0.15) is 33.5 Å². The Hall–Kier alpha value is -3.58. The van der Waals surface area contributed by atoms with Crippen molar-refractivity contribution in [3.05, 3.63) is 83.3 Å². The van der Waals surface area contributed by atoms with Crippen molar-refractivity contribution in [3.8, 4) is 5.75 Å². The van der Waals surface area contributed by atoms with E-state index >= 15 is 0 Å². The zero-order chi connectivity index (χ0) is 20.8. The monoisotopic (exact) mass is 393 g/mol. The summed E-state index contributed by atoms with van der Waals surface area (Å²) in [7, 11) is 1.58. The standard InChI is InChI=1S/C22H23N3O4/c1-14-13-19(15(2)29-14)21(26)25-24-20(16-7-5-4-6-8-16)22(27)23-17-9-11-18(28-3)12-10-17/h4-13,20,24H,1-3H3,(H,23,27)(H,25,26). The van der Waals surface area contributed by atoms with Gasteiger partial charge in [0.25, 0.3) is 5.91 Å². The molecule has 0 aliphatic rings. The summed E-state index contributed by atoms with van der Waals surface area (Å²) in [6.45, 7) is 3.49. The molecule has 0 bridgehead atoms. The van der Waals surface area contributed by atoms with E-state index in [1.165, 1.54) is 0 Å². The fourth-order valence-corrected chi connectivity index (χ4v) is 2.90. The van der Waals surface area contributed by atoms with E-state index in [9.17, 15) is 9.59 Å². The molecule has 3 rings (SSSR count). The molecule has 7 heteroatoms. The number of hydrogen-bond acceptors (Lipinski definition) is 5. The molecule has 0 saturated carbocycles. The number of rotatable bonds is 7. The summed E-state index contributed by atoms with van der Waals surface area (Å²) in [5, 5.41) is 2.84. The number of amides is 2. The van der Waals surface area contributed by atoms with E-state index in [1.54, 1.807) is 51.3 Å². The van der Waals surface area contributed by atoms with E-state index in [1.807, 2.05) is 30.3 Å². The van der Waals surface area contributed by atoms with Crippen molar-refractivity contribution in [2.24, 2.45) is 0 Å². The van der Waals surface area contributed by atoms with Crippen molar-refractivity contribution in [1.29, 1.82) is 0 Å². The molecule has 0 fully saturated rings. The van der Waals surface area contributed by atoms with Gasteiger partial charge in [0.05, 0.1) is 12.7 Å². The van der Waals surface area contributed by atoms with Gasteiger partial charge in [-0.2, -0.15) is 0 Å². The second-order valence-corrected chi connectivity index (χ2v) is 6.49. The minimum absolute atomic E-state index is 0.318. The molecule has 150 valence electrons. The highest BCUT2D eigenvalue weighted by atomic mass is 16.5. The highest BCUT2D eigenvalue weighted by Crippen LogP contribution is 2.19. The summed E-state index contributed by atoms with van der Waals surface area (Å²) in [4.78, 5) is 25.4. The molecule has 0 aliphatic carbocycles. The molecular weight excluding hydrogens is 370 g/mol. The van der Waals surface area contributed by atoms with Gasteiger partial charge < -0.3 is 14.5 Å². The van der Waals surface area contributed by atoms with Gasteiger partial charge in [0, 0.05) is 5.69 Å². The van der Waals surface area contributed by atoms with Crippen LogP contribution in [0.2, 0.25) is 0 Å². The molecule has 2 amide bonds. The van der Waals surface area contributed by atoms with Crippen molar-refractivity contribution in [3.63, 3.8) is 0 Å². The van der Waals surface area contributed by atoms with Crippen LogP contribution in [-0.2, 0) is 4.79 Å². The molecule has 1 heterocycles. The van der Waals surface area contributed by atoms with Crippen LogP contribution in [0, 0.1) is 13.8 Å². The van der Waals surface area contributed by atoms with E-state index < -0.39 is 6.04 Å². The van der Waals surface area contributed by atoms with E-state index in [0.29, 0.717) is 34.1 Å². The van der Waals surface area contributed by atoms with E-state index in [-0.39, 0.29) is 11.8 Å². The Morgan fingerprint density at radius 2 is 1.69 bits per heavy atom. The first-order chi connectivity index (χ1) is 14.0. The highest BCUT2D eigenvalue weighted by molar-refractivity contribution is 5.97. The Labute approximate surface area is 169 Å². The number of aryl methyl sites for hydroxylation is 2. The van der Waals surface area contributed by atoms with Crippen molar-refractivity contribution in [2.45, 2.75) is 19.9 Å². The second kappa shape index (κ2) is 9.07. The smallest absolute Gasteiger partial charge is 0.268 e. The minimum Gasteiger partial charge on any atom is -0.497 e. The van der Waals surface area contributed by atoms with Gasteiger partial charge in [-0.3, -0.25) is 15.0 Å². The summed E-state index contributed by atoms with van der Waals surface area (Å²) in [5.74, 6) is 1.16. The summed E-state index contributed by atoms with van der Waals surface area (Å²) in [6, 6.07) is 17.0. The average Bonchev–Trinajstić information content (AvgIpc) is 3.07. The number of carbonyl (C=O) groups excluding carboxylic acids is 2. The Morgan fingerprint density at radius 1 is 1.00 bits per heavy atom. The summed E-state index contributed by atoms with van der Waals surface area (Å²) in [6.07, 6.45) is 0. The molecule has 1 unspecified atom stereocenters. The van der Waals surface area contributed by atoms with Crippen LogP contribution in [0.4, 0.5) is 5.69 Å². The first-order valence-electron chi connectivity index (χ1n) is 9.10. The third kappa shape index (κ3) is 5.03. The Balaban J connectivity index is 1.74. The lowest BCUT2D eigenvalue weighted by molar-refractivity contribution is -0.118. The molecule has 1 atom stereocenters. The van der Waals surface area contributed by atoms with Crippen molar-refractivity contribution in [2.75, 3.05) is 12.4 Å². The Kier molecular flexibility index (Phi) is 6.31. The van der Waals surface area contributed by atoms with Gasteiger partial charge in [0.15, 0.2) is 0 Å². The summed E-state index contributed by atoms with van der Waals surface area (Å²) < 4.78 is 10.5. The lowest BCUT2D eigenvalue weighted by Crippen LogP contribution is -2.44. The molecule has 3 aromatic rings. The highest BCUT2D eigenvalue weighted by Gasteiger charge is 2.22. The lowest BCUT2D eigenvalue weighted by Gasteiger charge is -2.19. The fraction of sp³-hybridized carbons (Fsp3) is 0.182. The number of benzene rings is 2. The van der Waals surface area contributed by atoms with Crippen LogP contribution in [0.3, 0.4) is 0 Å². The number of ether oxygens (including phenoxy) is 1. The summed E-state index contributed by atoms with van der Waals surface area (Å²) in [5.41, 5.74) is 7.18. The van der Waals surface area contributed by atoms with Gasteiger partial charge >= 0.3 is 0 Å². The second-order valence-electron chi connectivity index (χ2n) is 6.49.